The van der Waals surface area contributed by atoms with Gasteiger partial charge in [0.2, 0.25) is 0 Å². The summed E-state index contributed by atoms with van der Waals surface area (Å²) in [7, 11) is 0. The summed E-state index contributed by atoms with van der Waals surface area (Å²) in [6.07, 6.45) is 3.79. The average molecular weight is 338 g/mol. The molecule has 4 aliphatic carbocycles. The number of alkyl halides is 2. The topological polar surface area (TPSA) is 82.1 Å². The number of esters is 1. The Morgan fingerprint density at radius 1 is 1.32 bits per heavy atom. The van der Waals surface area contributed by atoms with Gasteiger partial charge in [0.15, 0.2) is 0 Å². The Labute approximate surface area is 129 Å². The Bertz CT molecular complexity index is 467. The van der Waals surface area contributed by atoms with Crippen molar-refractivity contribution < 1.29 is 37.7 Å². The van der Waals surface area contributed by atoms with Crippen LogP contribution in [-0.4, -0.2) is 28.9 Å². The molecule has 1 N–H and O–H groups in total. The molecule has 4 bridgehead atoms. The third-order valence-corrected chi connectivity index (χ3v) is 5.54. The maximum absolute atomic E-state index is 13.3. The zero-order valence-electron chi connectivity index (χ0n) is 11.6. The highest BCUT2D eigenvalue weighted by molar-refractivity contribution is 7.96. The van der Waals surface area contributed by atoms with Crippen LogP contribution in [0.3, 0.4) is 0 Å². The number of halogens is 2. The number of hydrogen-bond donors (Lipinski definition) is 1. The Hall–Kier alpha value is -0.770. The fraction of sp³-hybridized carbons (Fsp3) is 0.846. The molecule has 0 aliphatic heterocycles. The van der Waals surface area contributed by atoms with Gasteiger partial charge in [-0.05, 0) is 38.0 Å². The first kappa shape index (κ1) is 16.1. The summed E-state index contributed by atoms with van der Waals surface area (Å²) in [5, 5.41) is 6.94. The van der Waals surface area contributed by atoms with Crippen LogP contribution >= 0.6 is 12.0 Å². The van der Waals surface area contributed by atoms with Crippen LogP contribution in [0.5, 0.6) is 0 Å². The second kappa shape index (κ2) is 5.70. The Morgan fingerprint density at radius 2 is 1.95 bits per heavy atom. The van der Waals surface area contributed by atoms with Crippen LogP contribution in [0.4, 0.5) is 8.78 Å². The van der Waals surface area contributed by atoms with Crippen LogP contribution in [0.1, 0.15) is 32.1 Å². The van der Waals surface area contributed by atoms with E-state index in [0.717, 1.165) is 19.3 Å². The van der Waals surface area contributed by atoms with E-state index in [9.17, 15) is 18.4 Å². The van der Waals surface area contributed by atoms with E-state index in [1.165, 1.54) is 0 Å². The number of Topliss-reactive ketones (excluding diaryl/α,β-unsaturated/α-hetero) is 1. The zero-order valence-corrected chi connectivity index (χ0v) is 12.4. The predicted molar refractivity (Wildman–Crippen MR) is 69.3 cm³/mol. The van der Waals surface area contributed by atoms with Crippen LogP contribution in [0, 0.1) is 23.2 Å². The van der Waals surface area contributed by atoms with Crippen LogP contribution in [0.2, 0.25) is 0 Å². The first-order valence-electron chi connectivity index (χ1n) is 7.10. The fourth-order valence-electron chi connectivity index (χ4n) is 4.48. The molecule has 2 unspecified atom stereocenters. The molecule has 9 heteroatoms. The summed E-state index contributed by atoms with van der Waals surface area (Å²) in [5.41, 5.74) is -0.352. The minimum Gasteiger partial charge on any atom is -0.460 e. The molecule has 0 aromatic carbocycles. The van der Waals surface area contributed by atoms with Crippen molar-refractivity contribution >= 4 is 23.8 Å². The minimum absolute atomic E-state index is 0.00837. The molecule has 0 radical (unpaired) electrons. The lowest BCUT2D eigenvalue weighted by Crippen LogP contribution is -2.53. The molecule has 0 spiro atoms. The van der Waals surface area contributed by atoms with Crippen molar-refractivity contribution in [3.05, 3.63) is 0 Å². The van der Waals surface area contributed by atoms with E-state index in [4.69, 9.17) is 9.99 Å². The monoisotopic (exact) mass is 338 g/mol. The summed E-state index contributed by atoms with van der Waals surface area (Å²) >= 11 is -0.630. The lowest BCUT2D eigenvalue weighted by atomic mass is 9.49. The third-order valence-electron chi connectivity index (χ3n) is 5.04. The lowest BCUT2D eigenvalue weighted by Gasteiger charge is -2.55. The Morgan fingerprint density at radius 3 is 2.55 bits per heavy atom. The second-order valence-corrected chi connectivity index (χ2v) is 7.38. The van der Waals surface area contributed by atoms with Crippen molar-refractivity contribution in [3.63, 3.8) is 0 Å². The molecule has 4 saturated carbocycles. The van der Waals surface area contributed by atoms with Gasteiger partial charge in [-0.2, -0.15) is 8.78 Å². The van der Waals surface area contributed by atoms with Gasteiger partial charge >= 0.3 is 11.2 Å². The van der Waals surface area contributed by atoms with Gasteiger partial charge in [-0.25, -0.2) is 10.1 Å². The van der Waals surface area contributed by atoms with Gasteiger partial charge in [0, 0.05) is 17.3 Å². The largest absolute Gasteiger partial charge is 0.460 e. The fourth-order valence-corrected chi connectivity index (χ4v) is 4.72. The molecular formula is C13H16F2O6S. The van der Waals surface area contributed by atoms with Crippen molar-refractivity contribution in [1.29, 1.82) is 0 Å². The zero-order chi connectivity index (χ0) is 16.0. The van der Waals surface area contributed by atoms with Crippen molar-refractivity contribution in [2.45, 2.75) is 37.4 Å². The minimum atomic E-state index is -3.97. The number of rotatable bonds is 6. The summed E-state index contributed by atoms with van der Waals surface area (Å²) in [5.74, 6) is -1.05. The second-order valence-electron chi connectivity index (χ2n) is 6.56. The van der Waals surface area contributed by atoms with Gasteiger partial charge in [0.05, 0.1) is 6.61 Å². The van der Waals surface area contributed by atoms with Gasteiger partial charge in [-0.15, -0.1) is 4.33 Å². The molecule has 4 aliphatic rings. The standard InChI is InChI=1S/C13H16F2O6S/c14-13(15,22-21-20-18)11(17)19-6-12-3-7-1-8(4-12)10(16)9(2-7)5-12/h7-9,18H,1-6H2. The normalized spacial score (nSPS) is 36.7. The molecular weight excluding hydrogens is 322 g/mol. The van der Waals surface area contributed by atoms with Gasteiger partial charge in [0.1, 0.15) is 17.8 Å². The Balaban J connectivity index is 1.60. The lowest BCUT2D eigenvalue weighted by molar-refractivity contribution is -0.433. The van der Waals surface area contributed by atoms with Crippen molar-refractivity contribution in [1.82, 2.24) is 0 Å². The summed E-state index contributed by atoms with van der Waals surface area (Å²) in [6.45, 7) is -0.112. The van der Waals surface area contributed by atoms with Gasteiger partial charge in [-0.3, -0.25) is 4.79 Å². The molecule has 2 atom stereocenters. The van der Waals surface area contributed by atoms with Crippen molar-refractivity contribution in [2.75, 3.05) is 6.61 Å². The quantitative estimate of drug-likeness (QED) is 0.345. The van der Waals surface area contributed by atoms with Gasteiger partial charge < -0.3 is 4.74 Å². The first-order chi connectivity index (χ1) is 10.4. The van der Waals surface area contributed by atoms with Crippen molar-refractivity contribution in [2.24, 2.45) is 23.2 Å². The molecule has 0 heterocycles. The average Bonchev–Trinajstić information content (AvgIpc) is 2.47. The molecule has 4 fully saturated rings. The number of carbonyl (C=O) groups is 2. The van der Waals surface area contributed by atoms with Crippen LogP contribution in [-0.2, 0) is 23.7 Å². The molecule has 0 saturated heterocycles. The Kier molecular flexibility index (Phi) is 4.17. The molecule has 6 nitrogen and oxygen atoms in total. The molecule has 0 amide bonds. The van der Waals surface area contributed by atoms with E-state index in [1.807, 2.05) is 0 Å². The molecule has 4 rings (SSSR count). The molecule has 124 valence electrons. The van der Waals surface area contributed by atoms with E-state index in [1.54, 1.807) is 0 Å². The highest BCUT2D eigenvalue weighted by atomic mass is 32.2. The molecule has 22 heavy (non-hydrogen) atoms. The predicted octanol–water partition coefficient (Wildman–Crippen LogP) is 2.59. The van der Waals surface area contributed by atoms with E-state index in [-0.39, 0.29) is 29.6 Å². The van der Waals surface area contributed by atoms with E-state index in [2.05, 4.69) is 9.37 Å². The van der Waals surface area contributed by atoms with Gasteiger partial charge in [-0.1, -0.05) is 5.04 Å². The van der Waals surface area contributed by atoms with Gasteiger partial charge in [0.25, 0.3) is 0 Å². The molecule has 0 aromatic heterocycles. The number of ether oxygens (including phenoxy) is 1. The van der Waals surface area contributed by atoms with Crippen LogP contribution in [0.25, 0.3) is 0 Å². The first-order valence-corrected chi connectivity index (χ1v) is 7.84. The smallest absolute Gasteiger partial charge is 0.415 e. The van der Waals surface area contributed by atoms with Crippen LogP contribution < -0.4 is 0 Å². The highest BCUT2D eigenvalue weighted by Crippen LogP contribution is 2.58. The maximum atomic E-state index is 13.3. The maximum Gasteiger partial charge on any atom is 0.415 e. The third kappa shape index (κ3) is 2.86. The number of ketones is 1. The number of hydrogen-bond acceptors (Lipinski definition) is 7. The summed E-state index contributed by atoms with van der Waals surface area (Å²) < 4.78 is 35.1. The number of carbonyl (C=O) groups excluding carboxylic acids is 2. The van der Waals surface area contributed by atoms with E-state index < -0.39 is 23.3 Å². The van der Waals surface area contributed by atoms with Crippen LogP contribution in [0.15, 0.2) is 0 Å². The summed E-state index contributed by atoms with van der Waals surface area (Å²) in [4.78, 5) is 23.5. The van der Waals surface area contributed by atoms with Crippen molar-refractivity contribution in [3.8, 4) is 0 Å². The van der Waals surface area contributed by atoms with E-state index in [0.29, 0.717) is 18.8 Å². The molecule has 0 aromatic rings. The summed E-state index contributed by atoms with van der Waals surface area (Å²) in [6, 6.07) is 0. The van der Waals surface area contributed by atoms with E-state index >= 15 is 0 Å². The highest BCUT2D eigenvalue weighted by Gasteiger charge is 2.56. The SMILES string of the molecule is O=C1C2CC3CC1CC(COC(=O)C(F)(F)SOOO)(C3)C2.